The molecule has 156 valence electrons. The van der Waals surface area contributed by atoms with Gasteiger partial charge in [-0.2, -0.15) is 4.31 Å². The van der Waals surface area contributed by atoms with Crippen LogP contribution in [0, 0.1) is 17.7 Å². The van der Waals surface area contributed by atoms with Gasteiger partial charge in [-0.25, -0.2) is 12.8 Å². The van der Waals surface area contributed by atoms with Crippen LogP contribution in [0.25, 0.3) is 0 Å². The Morgan fingerprint density at radius 1 is 1.10 bits per heavy atom. The molecule has 0 radical (unpaired) electrons. The van der Waals surface area contributed by atoms with Crippen molar-refractivity contribution >= 4 is 21.6 Å². The molecule has 1 fully saturated rings. The Morgan fingerprint density at radius 3 is 2.31 bits per heavy atom. The second-order valence-corrected chi connectivity index (χ2v) is 9.53. The molecule has 29 heavy (non-hydrogen) atoms. The van der Waals surface area contributed by atoms with E-state index in [1.807, 2.05) is 13.8 Å². The van der Waals surface area contributed by atoms with E-state index in [4.69, 9.17) is 4.74 Å². The molecular weight excluding hydrogens is 395 g/mol. The standard InChI is InChI=1S/C21H25FN2O4S/c1-14-10-15(2)13-24(12-14)29(26,27)18-8-9-20(22)19(11-18)21(25)23-16-4-6-17(28-3)7-5-16/h4-9,11,14-15H,10,12-13H2,1-3H3,(H,23,25)/t14-,15-/m0/s1. The molecule has 1 N–H and O–H groups in total. The maximum absolute atomic E-state index is 14.3. The second kappa shape index (κ2) is 8.51. The summed E-state index contributed by atoms with van der Waals surface area (Å²) in [6, 6.07) is 9.88. The normalized spacial score (nSPS) is 20.3. The van der Waals surface area contributed by atoms with Gasteiger partial charge in [0.25, 0.3) is 5.91 Å². The molecule has 0 bridgehead atoms. The van der Waals surface area contributed by atoms with Gasteiger partial charge >= 0.3 is 0 Å². The van der Waals surface area contributed by atoms with Crippen LogP contribution < -0.4 is 10.1 Å². The van der Waals surface area contributed by atoms with Gasteiger partial charge in [0.15, 0.2) is 0 Å². The molecule has 1 aliphatic heterocycles. The van der Waals surface area contributed by atoms with Gasteiger partial charge in [-0.15, -0.1) is 0 Å². The fraction of sp³-hybridized carbons (Fsp3) is 0.381. The number of carbonyl (C=O) groups excluding carboxylic acids is 1. The summed E-state index contributed by atoms with van der Waals surface area (Å²) in [4.78, 5) is 12.5. The molecule has 2 aromatic rings. The highest BCUT2D eigenvalue weighted by Crippen LogP contribution is 2.28. The van der Waals surface area contributed by atoms with Crippen molar-refractivity contribution in [2.24, 2.45) is 11.8 Å². The summed E-state index contributed by atoms with van der Waals surface area (Å²) in [5, 5.41) is 2.58. The van der Waals surface area contributed by atoms with E-state index < -0.39 is 21.7 Å². The Morgan fingerprint density at radius 2 is 1.72 bits per heavy atom. The summed E-state index contributed by atoms with van der Waals surface area (Å²) in [6.45, 7) is 4.85. The summed E-state index contributed by atoms with van der Waals surface area (Å²) >= 11 is 0. The summed E-state index contributed by atoms with van der Waals surface area (Å²) in [6.07, 6.45) is 0.963. The number of carbonyl (C=O) groups is 1. The number of piperidine rings is 1. The van der Waals surface area contributed by atoms with Crippen LogP contribution in [0.5, 0.6) is 5.75 Å². The molecular formula is C21H25FN2O4S. The topological polar surface area (TPSA) is 75.7 Å². The Balaban J connectivity index is 1.85. The molecule has 0 aromatic heterocycles. The van der Waals surface area contributed by atoms with Crippen LogP contribution >= 0.6 is 0 Å². The minimum atomic E-state index is -3.81. The maximum Gasteiger partial charge on any atom is 0.258 e. The van der Waals surface area contributed by atoms with E-state index in [2.05, 4.69) is 5.32 Å². The van der Waals surface area contributed by atoms with Crippen molar-refractivity contribution in [1.29, 1.82) is 0 Å². The Kier molecular flexibility index (Phi) is 6.24. The second-order valence-electron chi connectivity index (χ2n) is 7.59. The van der Waals surface area contributed by atoms with Gasteiger partial charge in [0.2, 0.25) is 10.0 Å². The van der Waals surface area contributed by atoms with Crippen molar-refractivity contribution in [1.82, 2.24) is 4.31 Å². The SMILES string of the molecule is COc1ccc(NC(=O)c2cc(S(=O)(=O)N3C[C@@H](C)C[C@H](C)C3)ccc2F)cc1. The van der Waals surface area contributed by atoms with Crippen LogP contribution in [0.15, 0.2) is 47.4 Å². The first kappa shape index (κ1) is 21.3. The van der Waals surface area contributed by atoms with Gasteiger partial charge in [0, 0.05) is 18.8 Å². The lowest BCUT2D eigenvalue weighted by Gasteiger charge is -2.34. The number of benzene rings is 2. The van der Waals surface area contributed by atoms with Gasteiger partial charge < -0.3 is 10.1 Å². The predicted molar refractivity (Wildman–Crippen MR) is 109 cm³/mol. The zero-order valence-corrected chi connectivity index (χ0v) is 17.5. The molecule has 2 atom stereocenters. The molecule has 3 rings (SSSR count). The first-order chi connectivity index (χ1) is 13.7. The van der Waals surface area contributed by atoms with E-state index in [0.29, 0.717) is 24.5 Å². The highest BCUT2D eigenvalue weighted by molar-refractivity contribution is 7.89. The van der Waals surface area contributed by atoms with Gasteiger partial charge in [-0.3, -0.25) is 4.79 Å². The number of anilines is 1. The molecule has 0 unspecified atom stereocenters. The van der Waals surface area contributed by atoms with Crippen molar-refractivity contribution in [2.75, 3.05) is 25.5 Å². The molecule has 1 amide bonds. The molecule has 8 heteroatoms. The van der Waals surface area contributed by atoms with Gasteiger partial charge in [-0.1, -0.05) is 13.8 Å². The van der Waals surface area contributed by atoms with Crippen molar-refractivity contribution < 1.29 is 22.3 Å². The molecule has 1 aliphatic rings. The van der Waals surface area contributed by atoms with E-state index in [1.54, 1.807) is 24.3 Å². The maximum atomic E-state index is 14.3. The largest absolute Gasteiger partial charge is 0.497 e. The van der Waals surface area contributed by atoms with Crippen LogP contribution in [0.1, 0.15) is 30.6 Å². The van der Waals surface area contributed by atoms with Crippen LogP contribution in [0.3, 0.4) is 0 Å². The van der Waals surface area contributed by atoms with E-state index >= 15 is 0 Å². The number of hydrogen-bond donors (Lipinski definition) is 1. The number of amides is 1. The zero-order valence-electron chi connectivity index (χ0n) is 16.7. The number of ether oxygens (including phenoxy) is 1. The monoisotopic (exact) mass is 420 g/mol. The molecule has 1 saturated heterocycles. The average molecular weight is 421 g/mol. The quantitative estimate of drug-likeness (QED) is 0.799. The molecule has 6 nitrogen and oxygen atoms in total. The molecule has 2 aromatic carbocycles. The van der Waals surface area contributed by atoms with Crippen LogP contribution in [0.2, 0.25) is 0 Å². The van der Waals surface area contributed by atoms with Crippen molar-refractivity contribution in [3.05, 3.63) is 53.8 Å². The number of halogens is 1. The highest BCUT2D eigenvalue weighted by atomic mass is 32.2. The first-order valence-electron chi connectivity index (χ1n) is 9.46. The Bertz CT molecular complexity index is 982. The van der Waals surface area contributed by atoms with Gasteiger partial charge in [0.05, 0.1) is 17.6 Å². The van der Waals surface area contributed by atoms with Gasteiger partial charge in [0.1, 0.15) is 11.6 Å². The van der Waals surface area contributed by atoms with Crippen molar-refractivity contribution in [3.63, 3.8) is 0 Å². The third-order valence-electron chi connectivity index (χ3n) is 5.00. The molecule has 0 saturated carbocycles. The third kappa shape index (κ3) is 4.76. The first-order valence-corrected chi connectivity index (χ1v) is 10.9. The fourth-order valence-corrected chi connectivity index (χ4v) is 5.37. The van der Waals surface area contributed by atoms with Crippen LogP contribution in [-0.2, 0) is 10.0 Å². The summed E-state index contributed by atoms with van der Waals surface area (Å²) in [7, 11) is -2.29. The summed E-state index contributed by atoms with van der Waals surface area (Å²) < 4.78 is 46.9. The molecule has 0 spiro atoms. The number of hydrogen-bond acceptors (Lipinski definition) is 4. The smallest absolute Gasteiger partial charge is 0.258 e. The highest BCUT2D eigenvalue weighted by Gasteiger charge is 2.32. The van der Waals surface area contributed by atoms with Gasteiger partial charge in [-0.05, 0) is 60.7 Å². The lowest BCUT2D eigenvalue weighted by molar-refractivity contribution is 0.102. The number of sulfonamides is 1. The number of nitrogens with one attached hydrogen (secondary N) is 1. The van der Waals surface area contributed by atoms with E-state index in [1.165, 1.54) is 17.5 Å². The summed E-state index contributed by atoms with van der Waals surface area (Å²) in [5.74, 6) is -0.397. The third-order valence-corrected chi connectivity index (χ3v) is 6.83. The van der Waals surface area contributed by atoms with E-state index in [9.17, 15) is 17.6 Å². The van der Waals surface area contributed by atoms with Crippen LogP contribution in [-0.4, -0.2) is 38.8 Å². The fourth-order valence-electron chi connectivity index (χ4n) is 3.66. The van der Waals surface area contributed by atoms with E-state index in [0.717, 1.165) is 18.6 Å². The Hall–Kier alpha value is -2.45. The van der Waals surface area contributed by atoms with E-state index in [-0.39, 0.29) is 22.3 Å². The van der Waals surface area contributed by atoms with Crippen molar-refractivity contribution in [2.45, 2.75) is 25.2 Å². The lowest BCUT2D eigenvalue weighted by atomic mass is 9.94. The number of methoxy groups -OCH3 is 1. The average Bonchev–Trinajstić information content (AvgIpc) is 2.68. The molecule has 0 aliphatic carbocycles. The Labute approximate surface area is 170 Å². The van der Waals surface area contributed by atoms with Crippen molar-refractivity contribution in [3.8, 4) is 5.75 Å². The number of nitrogens with zero attached hydrogens (tertiary/aromatic N) is 1. The minimum Gasteiger partial charge on any atom is -0.497 e. The minimum absolute atomic E-state index is 0.0833. The predicted octanol–water partition coefficient (Wildman–Crippen LogP) is 3.75. The van der Waals surface area contributed by atoms with Crippen LogP contribution in [0.4, 0.5) is 10.1 Å². The number of rotatable bonds is 5. The summed E-state index contributed by atoms with van der Waals surface area (Å²) in [5.41, 5.74) is 0.127. The zero-order chi connectivity index (χ0) is 21.2. The molecule has 1 heterocycles. The lowest BCUT2D eigenvalue weighted by Crippen LogP contribution is -2.42.